The lowest BCUT2D eigenvalue weighted by molar-refractivity contribution is 0.537. The van der Waals surface area contributed by atoms with Crippen LogP contribution < -0.4 is 0 Å². The van der Waals surface area contributed by atoms with Crippen molar-refractivity contribution in [2.45, 2.75) is 26.2 Å². The van der Waals surface area contributed by atoms with Crippen molar-refractivity contribution in [3.05, 3.63) is 47.6 Å². The molecular weight excluding hydrogens is 312 g/mol. The van der Waals surface area contributed by atoms with Crippen LogP contribution in [0.25, 0.3) is 22.4 Å². The van der Waals surface area contributed by atoms with Gasteiger partial charge >= 0.3 is 0 Å². The molecule has 6 nitrogen and oxygen atoms in total. The maximum atomic E-state index is 5.95. The Morgan fingerprint density at radius 1 is 1.00 bits per heavy atom. The Kier molecular flexibility index (Phi) is 2.93. The average Bonchev–Trinajstić information content (AvgIpc) is 3.10. The number of hydrogen-bond donors (Lipinski definition) is 0. The lowest BCUT2D eigenvalue weighted by atomic mass is 9.96. The molecule has 0 amide bonds. The summed E-state index contributed by atoms with van der Waals surface area (Å²) in [5.41, 5.74) is 2.30. The molecule has 0 aliphatic rings. The highest BCUT2D eigenvalue weighted by molar-refractivity contribution is 6.30. The Hall–Kier alpha value is -2.47. The summed E-state index contributed by atoms with van der Waals surface area (Å²) in [4.78, 5) is 4.56. The molecule has 0 aliphatic carbocycles. The highest BCUT2D eigenvalue weighted by Crippen LogP contribution is 2.25. The van der Waals surface area contributed by atoms with E-state index in [4.69, 9.17) is 11.6 Å². The molecule has 1 aromatic carbocycles. The molecule has 0 unspecified atom stereocenters. The van der Waals surface area contributed by atoms with E-state index in [-0.39, 0.29) is 5.41 Å². The topological polar surface area (TPSA) is 60.9 Å². The summed E-state index contributed by atoms with van der Waals surface area (Å²) in [5, 5.41) is 14.7. The number of hydrogen-bond acceptors (Lipinski definition) is 4. The second-order valence-corrected chi connectivity index (χ2v) is 6.92. The molecule has 0 saturated heterocycles. The summed E-state index contributed by atoms with van der Waals surface area (Å²) in [6, 6.07) is 7.48. The molecule has 0 fully saturated rings. The molecule has 0 bridgehead atoms. The third kappa shape index (κ3) is 2.17. The minimum atomic E-state index is -0.110. The molecule has 116 valence electrons. The van der Waals surface area contributed by atoms with Crippen molar-refractivity contribution in [2.75, 3.05) is 0 Å². The predicted octanol–water partition coefficient (Wildman–Crippen LogP) is 3.41. The highest BCUT2D eigenvalue weighted by Gasteiger charge is 2.22. The molecule has 3 aromatic heterocycles. The SMILES string of the molecule is CC(C)(C)c1nnc2c3cnn(-c4ccc(Cl)cc4)c3ncn12. The Bertz CT molecular complexity index is 1010. The van der Waals surface area contributed by atoms with Gasteiger partial charge in [-0.05, 0) is 24.3 Å². The molecular formula is C16H15ClN6. The van der Waals surface area contributed by atoms with Gasteiger partial charge in [-0.1, -0.05) is 32.4 Å². The zero-order valence-electron chi connectivity index (χ0n) is 13.0. The van der Waals surface area contributed by atoms with Crippen molar-refractivity contribution in [3.8, 4) is 5.69 Å². The van der Waals surface area contributed by atoms with Gasteiger partial charge in [-0.25, -0.2) is 9.67 Å². The van der Waals surface area contributed by atoms with Gasteiger partial charge in [-0.15, -0.1) is 10.2 Å². The maximum absolute atomic E-state index is 5.95. The van der Waals surface area contributed by atoms with Crippen LogP contribution in [0.15, 0.2) is 36.8 Å². The summed E-state index contributed by atoms with van der Waals surface area (Å²) < 4.78 is 3.70. The number of fused-ring (bicyclic) bond motifs is 3. The second-order valence-electron chi connectivity index (χ2n) is 6.48. The first-order valence-corrected chi connectivity index (χ1v) is 7.67. The van der Waals surface area contributed by atoms with Gasteiger partial charge in [-0.3, -0.25) is 4.40 Å². The third-order valence-corrected chi connectivity index (χ3v) is 3.97. The second kappa shape index (κ2) is 4.76. The first-order chi connectivity index (χ1) is 10.9. The van der Waals surface area contributed by atoms with Crippen LogP contribution in [-0.2, 0) is 5.41 Å². The molecule has 0 saturated carbocycles. The van der Waals surface area contributed by atoms with Crippen LogP contribution in [0.1, 0.15) is 26.6 Å². The predicted molar refractivity (Wildman–Crippen MR) is 89.1 cm³/mol. The molecule has 7 heteroatoms. The van der Waals surface area contributed by atoms with Crippen LogP contribution in [0.2, 0.25) is 5.02 Å². The third-order valence-electron chi connectivity index (χ3n) is 3.72. The lowest BCUT2D eigenvalue weighted by Crippen LogP contribution is -2.16. The van der Waals surface area contributed by atoms with Crippen LogP contribution in [0.5, 0.6) is 0 Å². The van der Waals surface area contributed by atoms with Crippen molar-refractivity contribution in [1.29, 1.82) is 0 Å². The maximum Gasteiger partial charge on any atom is 0.174 e. The summed E-state index contributed by atoms with van der Waals surface area (Å²) in [6.07, 6.45) is 3.53. The van der Waals surface area contributed by atoms with Crippen molar-refractivity contribution in [3.63, 3.8) is 0 Å². The monoisotopic (exact) mass is 326 g/mol. The van der Waals surface area contributed by atoms with Gasteiger partial charge in [-0.2, -0.15) is 5.10 Å². The average molecular weight is 327 g/mol. The molecule has 0 aliphatic heterocycles. The number of rotatable bonds is 1. The molecule has 3 heterocycles. The van der Waals surface area contributed by atoms with E-state index >= 15 is 0 Å². The van der Waals surface area contributed by atoms with Crippen molar-refractivity contribution >= 4 is 28.3 Å². The van der Waals surface area contributed by atoms with Crippen molar-refractivity contribution in [2.24, 2.45) is 0 Å². The summed E-state index contributed by atoms with van der Waals surface area (Å²) >= 11 is 5.95. The largest absolute Gasteiger partial charge is 0.268 e. The molecule has 4 rings (SSSR count). The van der Waals surface area contributed by atoms with E-state index in [1.54, 1.807) is 17.2 Å². The molecule has 0 atom stereocenters. The Balaban J connectivity index is 1.96. The summed E-state index contributed by atoms with van der Waals surface area (Å²) in [6.45, 7) is 6.31. The molecule has 0 radical (unpaired) electrons. The Morgan fingerprint density at radius 2 is 1.74 bits per heavy atom. The van der Waals surface area contributed by atoms with E-state index in [9.17, 15) is 0 Å². The van der Waals surface area contributed by atoms with Gasteiger partial charge < -0.3 is 0 Å². The first kappa shape index (κ1) is 14.1. The Morgan fingerprint density at radius 3 is 2.43 bits per heavy atom. The molecule has 4 aromatic rings. The zero-order valence-corrected chi connectivity index (χ0v) is 13.8. The van der Waals surface area contributed by atoms with Gasteiger partial charge in [0.1, 0.15) is 12.2 Å². The van der Waals surface area contributed by atoms with Gasteiger partial charge in [0.2, 0.25) is 0 Å². The van der Waals surface area contributed by atoms with Gasteiger partial charge in [0.05, 0.1) is 17.3 Å². The fourth-order valence-corrected chi connectivity index (χ4v) is 2.73. The highest BCUT2D eigenvalue weighted by atomic mass is 35.5. The first-order valence-electron chi connectivity index (χ1n) is 7.29. The molecule has 0 N–H and O–H groups in total. The van der Waals surface area contributed by atoms with E-state index in [0.717, 1.165) is 28.2 Å². The van der Waals surface area contributed by atoms with Crippen LogP contribution in [0.4, 0.5) is 0 Å². The molecule has 23 heavy (non-hydrogen) atoms. The van der Waals surface area contributed by atoms with Gasteiger partial charge in [0.15, 0.2) is 11.3 Å². The van der Waals surface area contributed by atoms with E-state index in [1.807, 2.05) is 28.7 Å². The van der Waals surface area contributed by atoms with Gasteiger partial charge in [0, 0.05) is 10.4 Å². The summed E-state index contributed by atoms with van der Waals surface area (Å²) in [7, 11) is 0. The van der Waals surface area contributed by atoms with E-state index < -0.39 is 0 Å². The standard InChI is InChI=1S/C16H15ClN6/c1-16(2,3)15-21-20-14-12-8-19-23(13(12)18-9-22(14)15)11-6-4-10(17)5-7-11/h4-9H,1-3H3. The zero-order chi connectivity index (χ0) is 16.2. The number of benzene rings is 1. The van der Waals surface area contributed by atoms with Gasteiger partial charge in [0.25, 0.3) is 0 Å². The minimum Gasteiger partial charge on any atom is -0.268 e. The lowest BCUT2D eigenvalue weighted by Gasteiger charge is -2.15. The van der Waals surface area contributed by atoms with Crippen LogP contribution in [-0.4, -0.2) is 29.4 Å². The molecule has 0 spiro atoms. The fraction of sp³-hybridized carbons (Fsp3) is 0.250. The Labute approximate surface area is 137 Å². The quantitative estimate of drug-likeness (QED) is 0.538. The van der Waals surface area contributed by atoms with Crippen LogP contribution in [0.3, 0.4) is 0 Å². The number of halogens is 1. The fourth-order valence-electron chi connectivity index (χ4n) is 2.60. The van der Waals surface area contributed by atoms with Crippen molar-refractivity contribution in [1.82, 2.24) is 29.4 Å². The normalized spacial score (nSPS) is 12.3. The van der Waals surface area contributed by atoms with E-state index in [2.05, 4.69) is 41.1 Å². The minimum absolute atomic E-state index is 0.110. The summed E-state index contributed by atoms with van der Waals surface area (Å²) in [5.74, 6) is 0.876. The van der Waals surface area contributed by atoms with E-state index in [1.165, 1.54) is 0 Å². The van der Waals surface area contributed by atoms with Crippen LogP contribution >= 0.6 is 11.6 Å². The number of nitrogens with zero attached hydrogens (tertiary/aromatic N) is 6. The number of aromatic nitrogens is 6. The van der Waals surface area contributed by atoms with Crippen molar-refractivity contribution < 1.29 is 0 Å². The smallest absolute Gasteiger partial charge is 0.174 e. The van der Waals surface area contributed by atoms with Crippen LogP contribution in [0, 0.1) is 0 Å². The van der Waals surface area contributed by atoms with E-state index in [0.29, 0.717) is 5.02 Å².